The van der Waals surface area contributed by atoms with E-state index >= 15 is 0 Å². The van der Waals surface area contributed by atoms with Gasteiger partial charge in [-0.25, -0.2) is 0 Å². The fourth-order valence-electron chi connectivity index (χ4n) is 1.39. The Morgan fingerprint density at radius 3 is 1.89 bits per heavy atom. The van der Waals surface area contributed by atoms with Crippen LogP contribution in [0.4, 0.5) is 0 Å². The van der Waals surface area contributed by atoms with Gasteiger partial charge in [0.1, 0.15) is 0 Å². The Morgan fingerprint density at radius 2 is 1.89 bits per heavy atom. The first-order valence-corrected chi connectivity index (χ1v) is 3.75. The summed E-state index contributed by atoms with van der Waals surface area (Å²) in [6.07, 6.45) is 1.23. The maximum absolute atomic E-state index is 3.95. The Bertz CT molecular complexity index is 90.2. The van der Waals surface area contributed by atoms with Gasteiger partial charge in [-0.05, 0) is 25.2 Å². The second-order valence-corrected chi connectivity index (χ2v) is 3.11. The van der Waals surface area contributed by atoms with Crippen LogP contribution >= 0.6 is 0 Å². The van der Waals surface area contributed by atoms with Crippen LogP contribution in [-0.2, 0) is 0 Å². The lowest BCUT2D eigenvalue weighted by Gasteiger charge is -2.18. The molecule has 9 heavy (non-hydrogen) atoms. The van der Waals surface area contributed by atoms with Crippen molar-refractivity contribution in [3.8, 4) is 0 Å². The first-order chi connectivity index (χ1) is 4.09. The quantitative estimate of drug-likeness (QED) is 0.509. The topological polar surface area (TPSA) is 0 Å². The standard InChI is InChI=1S/C9H18/c1-6-9(7(2)3)8(4)5/h8-9H,2,6H2,1,3-5H3/t9-/m0/s1. The first-order valence-electron chi connectivity index (χ1n) is 3.75. The van der Waals surface area contributed by atoms with Gasteiger partial charge in [0.25, 0.3) is 0 Å². The van der Waals surface area contributed by atoms with Crippen molar-refractivity contribution in [2.45, 2.75) is 34.1 Å². The molecule has 0 saturated carbocycles. The van der Waals surface area contributed by atoms with Crippen LogP contribution in [0.2, 0.25) is 0 Å². The van der Waals surface area contributed by atoms with E-state index in [0.29, 0.717) is 0 Å². The number of rotatable bonds is 3. The summed E-state index contributed by atoms with van der Waals surface area (Å²) in [5.74, 6) is 1.48. The van der Waals surface area contributed by atoms with E-state index in [1.165, 1.54) is 12.0 Å². The van der Waals surface area contributed by atoms with E-state index in [9.17, 15) is 0 Å². The Balaban J connectivity index is 3.83. The Hall–Kier alpha value is -0.260. The molecule has 0 heteroatoms. The van der Waals surface area contributed by atoms with Gasteiger partial charge in [0.15, 0.2) is 0 Å². The molecule has 0 heterocycles. The zero-order valence-corrected chi connectivity index (χ0v) is 7.07. The molecule has 0 rings (SSSR count). The maximum Gasteiger partial charge on any atom is -0.0188 e. The molecule has 0 aromatic carbocycles. The normalized spacial score (nSPS) is 13.9. The lowest BCUT2D eigenvalue weighted by atomic mass is 9.88. The SMILES string of the molecule is C=C(C)[C@H](CC)C(C)C. The summed E-state index contributed by atoms with van der Waals surface area (Å²) in [6, 6.07) is 0. The van der Waals surface area contributed by atoms with Crippen molar-refractivity contribution >= 4 is 0 Å². The van der Waals surface area contributed by atoms with E-state index < -0.39 is 0 Å². The second kappa shape index (κ2) is 3.71. The van der Waals surface area contributed by atoms with Crippen molar-refractivity contribution in [3.63, 3.8) is 0 Å². The highest BCUT2D eigenvalue weighted by Gasteiger charge is 2.09. The lowest BCUT2D eigenvalue weighted by molar-refractivity contribution is 0.432. The van der Waals surface area contributed by atoms with Gasteiger partial charge >= 0.3 is 0 Å². The highest BCUT2D eigenvalue weighted by atomic mass is 14.1. The molecule has 0 radical (unpaired) electrons. The van der Waals surface area contributed by atoms with Gasteiger partial charge in [0.2, 0.25) is 0 Å². The third-order valence-electron chi connectivity index (χ3n) is 1.88. The van der Waals surface area contributed by atoms with E-state index in [2.05, 4.69) is 34.3 Å². The minimum atomic E-state index is 0.727. The zero-order valence-electron chi connectivity index (χ0n) is 7.07. The average molecular weight is 126 g/mol. The largest absolute Gasteiger partial charge is 0.0999 e. The molecule has 54 valence electrons. The fourth-order valence-corrected chi connectivity index (χ4v) is 1.39. The maximum atomic E-state index is 3.95. The molecule has 0 saturated heterocycles. The van der Waals surface area contributed by atoms with Crippen molar-refractivity contribution in [2.24, 2.45) is 11.8 Å². The molecule has 0 fully saturated rings. The monoisotopic (exact) mass is 126 g/mol. The van der Waals surface area contributed by atoms with Gasteiger partial charge in [0.05, 0.1) is 0 Å². The molecule has 0 nitrogen and oxygen atoms in total. The molecule has 0 N–H and O–H groups in total. The van der Waals surface area contributed by atoms with Gasteiger partial charge in [-0.2, -0.15) is 0 Å². The molecule has 1 atom stereocenters. The van der Waals surface area contributed by atoms with Gasteiger partial charge < -0.3 is 0 Å². The van der Waals surface area contributed by atoms with Crippen molar-refractivity contribution < 1.29 is 0 Å². The van der Waals surface area contributed by atoms with Crippen LogP contribution in [0.3, 0.4) is 0 Å². The van der Waals surface area contributed by atoms with Crippen LogP contribution in [0, 0.1) is 11.8 Å². The van der Waals surface area contributed by atoms with Crippen LogP contribution in [0.1, 0.15) is 34.1 Å². The molecule has 0 unspecified atom stereocenters. The molecule has 0 aromatic rings. The van der Waals surface area contributed by atoms with E-state index in [4.69, 9.17) is 0 Å². The van der Waals surface area contributed by atoms with E-state index in [1.807, 2.05) is 0 Å². The summed E-state index contributed by atoms with van der Waals surface area (Å²) in [6.45, 7) is 12.8. The zero-order chi connectivity index (χ0) is 7.44. The summed E-state index contributed by atoms with van der Waals surface area (Å²) in [7, 11) is 0. The van der Waals surface area contributed by atoms with Gasteiger partial charge in [-0.15, -0.1) is 0 Å². The van der Waals surface area contributed by atoms with Crippen molar-refractivity contribution in [2.75, 3.05) is 0 Å². The molecule has 0 aliphatic rings. The van der Waals surface area contributed by atoms with Crippen LogP contribution in [-0.4, -0.2) is 0 Å². The van der Waals surface area contributed by atoms with Crippen molar-refractivity contribution in [1.82, 2.24) is 0 Å². The average Bonchev–Trinajstić information content (AvgIpc) is 1.64. The molecule has 0 aliphatic carbocycles. The minimum Gasteiger partial charge on any atom is -0.0999 e. The minimum absolute atomic E-state index is 0.727. The molecular weight excluding hydrogens is 108 g/mol. The van der Waals surface area contributed by atoms with Crippen LogP contribution in [0.15, 0.2) is 12.2 Å². The van der Waals surface area contributed by atoms with E-state index in [0.717, 1.165) is 11.8 Å². The summed E-state index contributed by atoms with van der Waals surface area (Å²) < 4.78 is 0. The summed E-state index contributed by atoms with van der Waals surface area (Å²) in [4.78, 5) is 0. The Kier molecular flexibility index (Phi) is 3.60. The Morgan fingerprint density at radius 1 is 1.44 bits per heavy atom. The number of allylic oxidation sites excluding steroid dienone is 1. The molecule has 0 aliphatic heterocycles. The molecule has 0 bridgehead atoms. The second-order valence-electron chi connectivity index (χ2n) is 3.11. The van der Waals surface area contributed by atoms with Crippen molar-refractivity contribution in [1.29, 1.82) is 0 Å². The molecule has 0 spiro atoms. The molecular formula is C9H18. The van der Waals surface area contributed by atoms with Crippen LogP contribution in [0.25, 0.3) is 0 Å². The Labute approximate surface area is 59.0 Å². The van der Waals surface area contributed by atoms with Crippen LogP contribution < -0.4 is 0 Å². The van der Waals surface area contributed by atoms with Gasteiger partial charge in [-0.3, -0.25) is 0 Å². The first kappa shape index (κ1) is 8.74. The lowest BCUT2D eigenvalue weighted by Crippen LogP contribution is -2.07. The number of hydrogen-bond acceptors (Lipinski definition) is 0. The van der Waals surface area contributed by atoms with E-state index in [1.54, 1.807) is 0 Å². The van der Waals surface area contributed by atoms with Gasteiger partial charge in [0, 0.05) is 0 Å². The van der Waals surface area contributed by atoms with Gasteiger partial charge in [-0.1, -0.05) is 32.9 Å². The third kappa shape index (κ3) is 2.69. The van der Waals surface area contributed by atoms with E-state index in [-0.39, 0.29) is 0 Å². The smallest absolute Gasteiger partial charge is 0.0188 e. The molecule has 0 amide bonds. The highest BCUT2D eigenvalue weighted by molar-refractivity contribution is 4.96. The highest BCUT2D eigenvalue weighted by Crippen LogP contribution is 2.21. The van der Waals surface area contributed by atoms with Crippen molar-refractivity contribution in [3.05, 3.63) is 12.2 Å². The predicted octanol–water partition coefficient (Wildman–Crippen LogP) is 3.24. The summed E-state index contributed by atoms with van der Waals surface area (Å²) in [5, 5.41) is 0. The third-order valence-corrected chi connectivity index (χ3v) is 1.88. The van der Waals surface area contributed by atoms with Crippen LogP contribution in [0.5, 0.6) is 0 Å². The fraction of sp³-hybridized carbons (Fsp3) is 0.778. The predicted molar refractivity (Wildman–Crippen MR) is 43.4 cm³/mol. The summed E-state index contributed by atoms with van der Waals surface area (Å²) >= 11 is 0. The summed E-state index contributed by atoms with van der Waals surface area (Å²) in [5.41, 5.74) is 1.33. The number of hydrogen-bond donors (Lipinski definition) is 0. The molecule has 0 aromatic heterocycles.